The normalized spacial score (nSPS) is 17.1. The zero-order valence-electron chi connectivity index (χ0n) is 30.9. The van der Waals surface area contributed by atoms with E-state index >= 15 is 0 Å². The number of ether oxygens (including phenoxy) is 1. The molecule has 1 fully saturated rings. The molecule has 0 saturated carbocycles. The Morgan fingerprint density at radius 2 is 1.59 bits per heavy atom. The second kappa shape index (κ2) is 14.6. The van der Waals surface area contributed by atoms with Crippen molar-refractivity contribution in [1.29, 1.82) is 0 Å². The fraction of sp³-hybridized carbons (Fsp3) is 0.553. The maximum absolute atomic E-state index is 14.7. The molecular weight excluding hydrogens is 640 g/mol. The van der Waals surface area contributed by atoms with E-state index in [2.05, 4.69) is 49.6 Å². The molecule has 1 aliphatic rings. The Bertz CT molecular complexity index is 1640. The van der Waals surface area contributed by atoms with Crippen LogP contribution in [0.3, 0.4) is 0 Å². The minimum absolute atomic E-state index is 0.125. The Hall–Kier alpha value is -3.73. The minimum Gasteiger partial charge on any atom is -0.444 e. The number of carbonyl (C=O) groups is 2. The van der Waals surface area contributed by atoms with Crippen LogP contribution in [0.4, 0.5) is 15.0 Å². The third-order valence-electron chi connectivity index (χ3n) is 8.49. The van der Waals surface area contributed by atoms with Crippen LogP contribution in [0.15, 0.2) is 53.6 Å². The number of anilines is 1. The third-order valence-corrected chi connectivity index (χ3v) is 9.21. The van der Waals surface area contributed by atoms with E-state index in [1.807, 2.05) is 76.8 Å². The minimum atomic E-state index is -0.804. The van der Waals surface area contributed by atoms with Gasteiger partial charge in [0, 0.05) is 46.2 Å². The summed E-state index contributed by atoms with van der Waals surface area (Å²) in [6, 6.07) is 14.6. The second-order valence-corrected chi connectivity index (χ2v) is 17.5. The lowest BCUT2D eigenvalue weighted by molar-refractivity contribution is 0.0130. The van der Waals surface area contributed by atoms with Gasteiger partial charge in [-0.25, -0.2) is 14.8 Å². The quantitative estimate of drug-likeness (QED) is 0.169. The molecule has 4 heterocycles. The summed E-state index contributed by atoms with van der Waals surface area (Å²) >= 11 is 1.01. The summed E-state index contributed by atoms with van der Waals surface area (Å²) in [5.41, 5.74) is 1.01. The number of likely N-dealkylation sites (tertiary alicyclic amines) is 1. The van der Waals surface area contributed by atoms with Gasteiger partial charge in [0.2, 0.25) is 5.95 Å². The number of hydrogen-bond donors (Lipinski definition) is 2. The van der Waals surface area contributed by atoms with Crippen molar-refractivity contribution >= 4 is 29.8 Å². The van der Waals surface area contributed by atoms with Gasteiger partial charge in [0.25, 0.3) is 5.91 Å². The molecule has 11 heteroatoms. The summed E-state index contributed by atoms with van der Waals surface area (Å²) in [6.45, 7) is 22.7. The van der Waals surface area contributed by atoms with Crippen molar-refractivity contribution < 1.29 is 18.7 Å². The number of hydrogen-bond acceptors (Lipinski definition) is 8. The van der Waals surface area contributed by atoms with Crippen molar-refractivity contribution in [2.24, 2.45) is 5.92 Å². The van der Waals surface area contributed by atoms with Crippen molar-refractivity contribution in [3.8, 4) is 0 Å². The standard InChI is InChI=1S/C38H53FN6O3S/c1-35(2,3)28-15-12-14-26(40-28)27(20-18-24-22-38(10,11)45(23-24)34(47)48-37(7,8)9)41-30-16-13-17-31(43-30)49-44-33(46)25-19-21-29(36(4,5)6)42-32(25)39/h12-17,19,21,24,27H,18,20,22-23H2,1-11H3,(H,41,43)(H,44,46)/t24-,27?/m0/s1. The van der Waals surface area contributed by atoms with E-state index in [9.17, 15) is 14.0 Å². The van der Waals surface area contributed by atoms with Crippen LogP contribution in [0, 0.1) is 11.9 Å². The van der Waals surface area contributed by atoms with E-state index in [1.165, 1.54) is 6.07 Å². The summed E-state index contributed by atoms with van der Waals surface area (Å²) in [4.78, 5) is 41.6. The van der Waals surface area contributed by atoms with Gasteiger partial charge in [-0.15, -0.1) is 0 Å². The number of nitrogens with zero attached hydrogens (tertiary/aromatic N) is 4. The van der Waals surface area contributed by atoms with Crippen LogP contribution in [0.1, 0.15) is 129 Å². The molecule has 49 heavy (non-hydrogen) atoms. The van der Waals surface area contributed by atoms with Crippen molar-refractivity contribution in [1.82, 2.24) is 24.6 Å². The van der Waals surface area contributed by atoms with Crippen molar-refractivity contribution in [3.63, 3.8) is 0 Å². The van der Waals surface area contributed by atoms with Crippen LogP contribution >= 0.6 is 11.9 Å². The molecule has 3 aromatic rings. The van der Waals surface area contributed by atoms with E-state index in [0.29, 0.717) is 23.1 Å². The highest BCUT2D eigenvalue weighted by atomic mass is 32.2. The Morgan fingerprint density at radius 3 is 2.22 bits per heavy atom. The first-order valence-electron chi connectivity index (χ1n) is 17.0. The summed E-state index contributed by atoms with van der Waals surface area (Å²) in [7, 11) is 0. The third kappa shape index (κ3) is 10.4. The molecule has 0 aromatic carbocycles. The number of carbonyl (C=O) groups excluding carboxylic acids is 2. The van der Waals surface area contributed by atoms with Gasteiger partial charge in [0.15, 0.2) is 0 Å². The summed E-state index contributed by atoms with van der Waals surface area (Å²) in [5.74, 6) is -0.482. The Labute approximate surface area is 295 Å². The van der Waals surface area contributed by atoms with E-state index in [-0.39, 0.29) is 40.0 Å². The van der Waals surface area contributed by atoms with Gasteiger partial charge >= 0.3 is 6.09 Å². The van der Waals surface area contributed by atoms with Crippen molar-refractivity contribution in [2.75, 3.05) is 11.9 Å². The van der Waals surface area contributed by atoms with Gasteiger partial charge in [-0.1, -0.05) is 53.7 Å². The fourth-order valence-electron chi connectivity index (χ4n) is 5.88. The van der Waals surface area contributed by atoms with Crippen LogP contribution in [0.25, 0.3) is 0 Å². The van der Waals surface area contributed by atoms with Crippen LogP contribution in [0.2, 0.25) is 0 Å². The van der Waals surface area contributed by atoms with Gasteiger partial charge in [-0.2, -0.15) is 4.39 Å². The summed E-state index contributed by atoms with van der Waals surface area (Å²) in [6.07, 6.45) is 2.21. The smallest absolute Gasteiger partial charge is 0.410 e. The van der Waals surface area contributed by atoms with Crippen LogP contribution in [0.5, 0.6) is 0 Å². The summed E-state index contributed by atoms with van der Waals surface area (Å²) in [5, 5.41) is 4.14. The molecule has 1 aliphatic heterocycles. The fourth-order valence-corrected chi connectivity index (χ4v) is 6.48. The largest absolute Gasteiger partial charge is 0.444 e. The predicted octanol–water partition coefficient (Wildman–Crippen LogP) is 9.01. The van der Waals surface area contributed by atoms with Gasteiger partial charge < -0.3 is 15.0 Å². The Balaban J connectivity index is 1.49. The Morgan fingerprint density at radius 1 is 0.939 bits per heavy atom. The van der Waals surface area contributed by atoms with E-state index in [1.54, 1.807) is 12.1 Å². The predicted molar refractivity (Wildman–Crippen MR) is 194 cm³/mol. The highest BCUT2D eigenvalue weighted by Gasteiger charge is 2.43. The molecule has 3 aromatic heterocycles. The zero-order valence-corrected chi connectivity index (χ0v) is 31.7. The lowest BCUT2D eigenvalue weighted by Gasteiger charge is -2.33. The molecule has 2 atom stereocenters. The number of aromatic nitrogens is 3. The molecule has 9 nitrogen and oxygen atoms in total. The van der Waals surface area contributed by atoms with Crippen LogP contribution in [-0.2, 0) is 15.6 Å². The molecule has 0 radical (unpaired) electrons. The number of pyridine rings is 3. The van der Waals surface area contributed by atoms with Crippen LogP contribution < -0.4 is 10.0 Å². The molecule has 1 saturated heterocycles. The highest BCUT2D eigenvalue weighted by molar-refractivity contribution is 7.97. The van der Waals surface area contributed by atoms with E-state index < -0.39 is 17.5 Å². The second-order valence-electron chi connectivity index (χ2n) is 16.6. The zero-order chi connectivity index (χ0) is 36.4. The number of halogens is 1. The molecular formula is C38H53FN6O3S. The molecule has 1 unspecified atom stereocenters. The molecule has 4 rings (SSSR count). The molecule has 0 aliphatic carbocycles. The molecule has 0 spiro atoms. The molecule has 266 valence electrons. The molecule has 2 N–H and O–H groups in total. The van der Waals surface area contributed by atoms with Gasteiger partial charge in [0.05, 0.1) is 17.3 Å². The maximum atomic E-state index is 14.7. The number of amides is 2. The maximum Gasteiger partial charge on any atom is 0.410 e. The van der Waals surface area contributed by atoms with Gasteiger partial charge in [0.1, 0.15) is 16.4 Å². The van der Waals surface area contributed by atoms with E-state index in [0.717, 1.165) is 42.6 Å². The highest BCUT2D eigenvalue weighted by Crippen LogP contribution is 2.38. The van der Waals surface area contributed by atoms with Crippen molar-refractivity contribution in [3.05, 3.63) is 77.1 Å². The monoisotopic (exact) mass is 692 g/mol. The van der Waals surface area contributed by atoms with Crippen LogP contribution in [-0.4, -0.2) is 49.5 Å². The first-order chi connectivity index (χ1) is 22.6. The number of rotatable bonds is 9. The van der Waals surface area contributed by atoms with Gasteiger partial charge in [-0.05, 0) is 96.2 Å². The topological polar surface area (TPSA) is 109 Å². The SMILES string of the molecule is CC(C)(C)OC(=O)N1C[C@@H](CCC(Nc2cccc(SNC(=O)c3ccc(C(C)(C)C)nc3F)n2)c2cccc(C(C)(C)C)n2)CC1(C)C. The lowest BCUT2D eigenvalue weighted by atomic mass is 9.90. The molecule has 0 bridgehead atoms. The average Bonchev–Trinajstić information content (AvgIpc) is 3.30. The summed E-state index contributed by atoms with van der Waals surface area (Å²) < 4.78 is 23.2. The number of nitrogens with one attached hydrogen (secondary N) is 2. The first-order valence-corrected chi connectivity index (χ1v) is 17.8. The van der Waals surface area contributed by atoms with E-state index in [4.69, 9.17) is 14.7 Å². The van der Waals surface area contributed by atoms with Gasteiger partial charge in [-0.3, -0.25) is 14.5 Å². The Kier molecular flexibility index (Phi) is 11.4. The van der Waals surface area contributed by atoms with Crippen molar-refractivity contribution in [2.45, 2.75) is 128 Å². The molecule has 2 amide bonds. The first kappa shape index (κ1) is 38.1. The lowest BCUT2D eigenvalue weighted by Crippen LogP contribution is -2.45. The average molecular weight is 693 g/mol.